The lowest BCUT2D eigenvalue weighted by Gasteiger charge is -2.06. The highest BCUT2D eigenvalue weighted by Crippen LogP contribution is 2.47. The number of benzene rings is 1. The Kier molecular flexibility index (Phi) is 2.49. The third-order valence-electron chi connectivity index (χ3n) is 3.07. The Morgan fingerprint density at radius 2 is 2.06 bits per heavy atom. The molecule has 0 atom stereocenters. The molecule has 3 rings (SSSR count). The minimum atomic E-state index is -0.273. The first-order valence-electron chi connectivity index (χ1n) is 5.63. The SMILES string of the molecule is C#Cc1cc(F)ccc1-c1ccsc1C1CC1. The first-order valence-corrected chi connectivity index (χ1v) is 6.51. The Balaban J connectivity index is 2.15. The second kappa shape index (κ2) is 4.01. The van der Waals surface area contributed by atoms with E-state index >= 15 is 0 Å². The summed E-state index contributed by atoms with van der Waals surface area (Å²) in [5, 5.41) is 2.09. The maximum absolute atomic E-state index is 13.2. The molecule has 0 aliphatic heterocycles. The van der Waals surface area contributed by atoms with Crippen molar-refractivity contribution in [2.45, 2.75) is 18.8 Å². The van der Waals surface area contributed by atoms with Crippen LogP contribution in [0.1, 0.15) is 29.2 Å². The third-order valence-corrected chi connectivity index (χ3v) is 4.15. The zero-order valence-electron chi connectivity index (χ0n) is 9.24. The van der Waals surface area contributed by atoms with E-state index in [2.05, 4.69) is 17.4 Å². The zero-order valence-corrected chi connectivity index (χ0v) is 10.1. The number of thiophene rings is 1. The molecule has 1 aliphatic carbocycles. The van der Waals surface area contributed by atoms with Gasteiger partial charge in [-0.25, -0.2) is 4.39 Å². The van der Waals surface area contributed by atoms with E-state index in [1.54, 1.807) is 17.4 Å². The van der Waals surface area contributed by atoms with Crippen molar-refractivity contribution in [3.63, 3.8) is 0 Å². The Morgan fingerprint density at radius 3 is 2.76 bits per heavy atom. The van der Waals surface area contributed by atoms with E-state index in [1.807, 2.05) is 0 Å². The van der Waals surface area contributed by atoms with Gasteiger partial charge in [0.15, 0.2) is 0 Å². The zero-order chi connectivity index (χ0) is 11.8. The lowest BCUT2D eigenvalue weighted by atomic mass is 9.99. The van der Waals surface area contributed by atoms with Gasteiger partial charge in [0.2, 0.25) is 0 Å². The number of hydrogen-bond acceptors (Lipinski definition) is 1. The van der Waals surface area contributed by atoms with Crippen molar-refractivity contribution in [3.8, 4) is 23.5 Å². The molecule has 17 heavy (non-hydrogen) atoms. The van der Waals surface area contributed by atoms with E-state index in [4.69, 9.17) is 6.42 Å². The fraction of sp³-hybridized carbons (Fsp3) is 0.200. The van der Waals surface area contributed by atoms with Crippen LogP contribution in [0.3, 0.4) is 0 Å². The average molecular weight is 242 g/mol. The summed E-state index contributed by atoms with van der Waals surface area (Å²) in [5.74, 6) is 3.00. The first kappa shape index (κ1) is 10.6. The highest BCUT2D eigenvalue weighted by Gasteiger charge is 2.28. The summed E-state index contributed by atoms with van der Waals surface area (Å²) in [5.41, 5.74) is 2.81. The molecule has 1 aromatic carbocycles. The van der Waals surface area contributed by atoms with Crippen LogP contribution in [0, 0.1) is 18.2 Å². The lowest BCUT2D eigenvalue weighted by molar-refractivity contribution is 0.627. The molecule has 2 heteroatoms. The molecule has 0 spiro atoms. The van der Waals surface area contributed by atoms with Gasteiger partial charge < -0.3 is 0 Å². The number of hydrogen-bond donors (Lipinski definition) is 0. The second-order valence-corrected chi connectivity index (χ2v) is 5.25. The van der Waals surface area contributed by atoms with Crippen LogP contribution in [0.25, 0.3) is 11.1 Å². The molecule has 0 unspecified atom stereocenters. The molecule has 1 aliphatic rings. The number of terminal acetylenes is 1. The van der Waals surface area contributed by atoms with E-state index in [-0.39, 0.29) is 5.82 Å². The van der Waals surface area contributed by atoms with Gasteiger partial charge in [-0.15, -0.1) is 17.8 Å². The smallest absolute Gasteiger partial charge is 0.124 e. The summed E-state index contributed by atoms with van der Waals surface area (Å²) in [6.45, 7) is 0. The molecule has 0 saturated heterocycles. The van der Waals surface area contributed by atoms with Crippen LogP contribution >= 0.6 is 11.3 Å². The maximum Gasteiger partial charge on any atom is 0.124 e. The van der Waals surface area contributed by atoms with Crippen molar-refractivity contribution < 1.29 is 4.39 Å². The van der Waals surface area contributed by atoms with Crippen LogP contribution in [0.5, 0.6) is 0 Å². The average Bonchev–Trinajstić information content (AvgIpc) is 3.07. The quantitative estimate of drug-likeness (QED) is 0.684. The largest absolute Gasteiger partial charge is 0.207 e. The van der Waals surface area contributed by atoms with Gasteiger partial charge in [0.1, 0.15) is 5.82 Å². The van der Waals surface area contributed by atoms with Crippen LogP contribution < -0.4 is 0 Å². The summed E-state index contributed by atoms with van der Waals surface area (Å²) >= 11 is 1.78. The van der Waals surface area contributed by atoms with Gasteiger partial charge in [-0.1, -0.05) is 12.0 Å². The van der Waals surface area contributed by atoms with Crippen LogP contribution in [-0.4, -0.2) is 0 Å². The Bertz CT molecular complexity index is 600. The Labute approximate surface area is 104 Å². The van der Waals surface area contributed by atoms with Crippen molar-refractivity contribution in [1.29, 1.82) is 0 Å². The van der Waals surface area contributed by atoms with Gasteiger partial charge in [-0.3, -0.25) is 0 Å². The fourth-order valence-corrected chi connectivity index (χ4v) is 3.16. The van der Waals surface area contributed by atoms with Crippen molar-refractivity contribution in [1.82, 2.24) is 0 Å². The molecular weight excluding hydrogens is 231 g/mol. The van der Waals surface area contributed by atoms with Crippen molar-refractivity contribution in [3.05, 3.63) is 45.9 Å². The summed E-state index contributed by atoms with van der Waals surface area (Å²) in [7, 11) is 0. The van der Waals surface area contributed by atoms with Gasteiger partial charge in [0, 0.05) is 10.4 Å². The van der Waals surface area contributed by atoms with Gasteiger partial charge >= 0.3 is 0 Å². The normalized spacial score (nSPS) is 14.6. The fourth-order valence-electron chi connectivity index (χ4n) is 2.08. The van der Waals surface area contributed by atoms with Gasteiger partial charge in [0.05, 0.1) is 0 Å². The van der Waals surface area contributed by atoms with Gasteiger partial charge in [0.25, 0.3) is 0 Å². The molecule has 84 valence electrons. The van der Waals surface area contributed by atoms with Crippen LogP contribution in [0.2, 0.25) is 0 Å². The van der Waals surface area contributed by atoms with Gasteiger partial charge in [-0.2, -0.15) is 0 Å². The predicted octanol–water partition coefficient (Wildman–Crippen LogP) is 4.41. The summed E-state index contributed by atoms with van der Waals surface area (Å²) in [6, 6.07) is 6.79. The van der Waals surface area contributed by atoms with Crippen LogP contribution in [0.15, 0.2) is 29.6 Å². The number of halogens is 1. The summed E-state index contributed by atoms with van der Waals surface area (Å²) in [6.07, 6.45) is 7.98. The van der Waals surface area contributed by atoms with Crippen LogP contribution in [0.4, 0.5) is 4.39 Å². The Hall–Kier alpha value is -1.59. The monoisotopic (exact) mass is 242 g/mol. The third kappa shape index (κ3) is 1.87. The van der Waals surface area contributed by atoms with E-state index < -0.39 is 0 Å². The molecule has 0 bridgehead atoms. The van der Waals surface area contributed by atoms with E-state index in [0.717, 1.165) is 5.56 Å². The summed E-state index contributed by atoms with van der Waals surface area (Å²) < 4.78 is 13.2. The lowest BCUT2D eigenvalue weighted by Crippen LogP contribution is -1.87. The molecule has 1 aromatic heterocycles. The minimum absolute atomic E-state index is 0.273. The molecule has 1 fully saturated rings. The first-order chi connectivity index (χ1) is 8.29. The minimum Gasteiger partial charge on any atom is -0.207 e. The van der Waals surface area contributed by atoms with Crippen molar-refractivity contribution in [2.75, 3.05) is 0 Å². The predicted molar refractivity (Wildman–Crippen MR) is 69.6 cm³/mol. The molecular formula is C15H11FS. The molecule has 1 heterocycles. The molecule has 0 N–H and O–H groups in total. The standard InChI is InChI=1S/C15H11FS/c1-2-10-9-12(16)5-6-13(10)14-7-8-17-15(14)11-3-4-11/h1,5-9,11H,3-4H2. The van der Waals surface area contributed by atoms with Crippen molar-refractivity contribution in [2.24, 2.45) is 0 Å². The van der Waals surface area contributed by atoms with Gasteiger partial charge in [-0.05, 0) is 53.5 Å². The summed E-state index contributed by atoms with van der Waals surface area (Å²) in [4.78, 5) is 1.40. The highest BCUT2D eigenvalue weighted by atomic mass is 32.1. The molecule has 0 amide bonds. The van der Waals surface area contributed by atoms with E-state index in [0.29, 0.717) is 11.5 Å². The highest BCUT2D eigenvalue weighted by molar-refractivity contribution is 7.10. The Morgan fingerprint density at radius 1 is 1.24 bits per heavy atom. The van der Waals surface area contributed by atoms with E-state index in [1.165, 1.54) is 35.4 Å². The molecule has 1 saturated carbocycles. The van der Waals surface area contributed by atoms with Crippen LogP contribution in [-0.2, 0) is 0 Å². The number of rotatable bonds is 2. The second-order valence-electron chi connectivity index (χ2n) is 4.31. The topological polar surface area (TPSA) is 0 Å². The molecule has 2 aromatic rings. The molecule has 0 radical (unpaired) electrons. The molecule has 0 nitrogen and oxygen atoms in total. The van der Waals surface area contributed by atoms with E-state index in [9.17, 15) is 4.39 Å². The van der Waals surface area contributed by atoms with Crippen molar-refractivity contribution >= 4 is 11.3 Å². The maximum atomic E-state index is 13.2.